The summed E-state index contributed by atoms with van der Waals surface area (Å²) in [5, 5.41) is 9.15. The van der Waals surface area contributed by atoms with Crippen molar-refractivity contribution < 1.29 is 9.90 Å². The molecule has 0 radical (unpaired) electrons. The normalized spacial score (nSPS) is 10.9. The summed E-state index contributed by atoms with van der Waals surface area (Å²) in [7, 11) is 0. The molecule has 0 fully saturated rings. The number of aryl methyl sites for hydroxylation is 2. The van der Waals surface area contributed by atoms with Gasteiger partial charge in [0.05, 0.1) is 16.6 Å². The Bertz CT molecular complexity index is 849. The van der Waals surface area contributed by atoms with Crippen LogP contribution < -0.4 is 5.69 Å². The van der Waals surface area contributed by atoms with E-state index < -0.39 is 5.97 Å². The van der Waals surface area contributed by atoms with Gasteiger partial charge in [-0.05, 0) is 36.2 Å². The van der Waals surface area contributed by atoms with Gasteiger partial charge in [0.1, 0.15) is 0 Å². The van der Waals surface area contributed by atoms with Crippen molar-refractivity contribution in [2.45, 2.75) is 13.0 Å². The van der Waals surface area contributed by atoms with Gasteiger partial charge in [0.2, 0.25) is 0 Å². The van der Waals surface area contributed by atoms with Crippen molar-refractivity contribution >= 4 is 17.0 Å². The number of aromatic amines is 1. The number of carboxylic acid groups (broad SMARTS) is 1. The summed E-state index contributed by atoms with van der Waals surface area (Å²) in [4.78, 5) is 29.8. The SMILES string of the molecule is O=C(O)c1cccc2c1[nH]c(=O)n2CCc1ccncc1. The quantitative estimate of drug-likeness (QED) is 0.762. The number of H-pyrrole nitrogens is 1. The third kappa shape index (κ3) is 2.43. The first kappa shape index (κ1) is 13.1. The molecule has 0 amide bonds. The van der Waals surface area contributed by atoms with E-state index in [1.54, 1.807) is 29.1 Å². The molecule has 0 bridgehead atoms. The lowest BCUT2D eigenvalue weighted by Gasteiger charge is -2.04. The van der Waals surface area contributed by atoms with Crippen LogP contribution in [0.5, 0.6) is 0 Å². The zero-order chi connectivity index (χ0) is 14.8. The zero-order valence-corrected chi connectivity index (χ0v) is 11.1. The number of aromatic carboxylic acids is 1. The van der Waals surface area contributed by atoms with E-state index >= 15 is 0 Å². The van der Waals surface area contributed by atoms with Gasteiger partial charge in [-0.3, -0.25) is 9.55 Å². The number of carboxylic acids is 1. The largest absolute Gasteiger partial charge is 0.478 e. The average molecular weight is 283 g/mol. The lowest BCUT2D eigenvalue weighted by atomic mass is 10.1. The molecule has 0 atom stereocenters. The van der Waals surface area contributed by atoms with Gasteiger partial charge in [-0.15, -0.1) is 0 Å². The fourth-order valence-electron chi connectivity index (χ4n) is 2.37. The molecule has 106 valence electrons. The smallest absolute Gasteiger partial charge is 0.337 e. The van der Waals surface area contributed by atoms with Crippen molar-refractivity contribution in [3.63, 3.8) is 0 Å². The molecule has 0 spiro atoms. The number of nitrogens with zero attached hydrogens (tertiary/aromatic N) is 2. The number of imidazole rings is 1. The Morgan fingerprint density at radius 3 is 2.71 bits per heavy atom. The monoisotopic (exact) mass is 283 g/mol. The fourth-order valence-corrected chi connectivity index (χ4v) is 2.37. The van der Waals surface area contributed by atoms with Gasteiger partial charge in [0, 0.05) is 18.9 Å². The fraction of sp³-hybridized carbons (Fsp3) is 0.133. The lowest BCUT2D eigenvalue weighted by Crippen LogP contribution is -2.17. The van der Waals surface area contributed by atoms with Crippen LogP contribution in [0.4, 0.5) is 0 Å². The predicted octanol–water partition coefficient (Wildman–Crippen LogP) is 1.67. The number of nitrogens with one attached hydrogen (secondary N) is 1. The van der Waals surface area contributed by atoms with Gasteiger partial charge < -0.3 is 10.1 Å². The van der Waals surface area contributed by atoms with E-state index in [-0.39, 0.29) is 11.3 Å². The molecule has 1 aromatic carbocycles. The second-order valence-corrected chi connectivity index (χ2v) is 4.69. The molecule has 21 heavy (non-hydrogen) atoms. The van der Waals surface area contributed by atoms with E-state index in [4.69, 9.17) is 5.11 Å². The third-order valence-electron chi connectivity index (χ3n) is 3.41. The Kier molecular flexibility index (Phi) is 3.27. The second-order valence-electron chi connectivity index (χ2n) is 4.69. The third-order valence-corrected chi connectivity index (χ3v) is 3.41. The van der Waals surface area contributed by atoms with Gasteiger partial charge in [0.25, 0.3) is 0 Å². The molecular formula is C15H13N3O3. The van der Waals surface area contributed by atoms with Crippen LogP contribution in [0.3, 0.4) is 0 Å². The topological polar surface area (TPSA) is 88.0 Å². The van der Waals surface area contributed by atoms with Gasteiger partial charge in [-0.2, -0.15) is 0 Å². The first-order valence-electron chi connectivity index (χ1n) is 6.50. The van der Waals surface area contributed by atoms with E-state index in [1.807, 2.05) is 12.1 Å². The minimum atomic E-state index is -1.05. The number of benzene rings is 1. The van der Waals surface area contributed by atoms with Gasteiger partial charge in [-0.25, -0.2) is 9.59 Å². The van der Waals surface area contributed by atoms with Gasteiger partial charge >= 0.3 is 11.7 Å². The molecule has 0 aliphatic carbocycles. The molecule has 2 aromatic heterocycles. The number of hydrogen-bond acceptors (Lipinski definition) is 3. The Morgan fingerprint density at radius 1 is 1.24 bits per heavy atom. The first-order valence-corrected chi connectivity index (χ1v) is 6.50. The maximum Gasteiger partial charge on any atom is 0.337 e. The molecule has 3 rings (SSSR count). The molecule has 2 heterocycles. The molecule has 6 heteroatoms. The van der Waals surface area contributed by atoms with Gasteiger partial charge in [0.15, 0.2) is 0 Å². The van der Waals surface area contributed by atoms with Crippen molar-refractivity contribution in [2.24, 2.45) is 0 Å². The number of fused-ring (bicyclic) bond motifs is 1. The molecule has 0 unspecified atom stereocenters. The molecule has 0 aliphatic heterocycles. The minimum absolute atomic E-state index is 0.104. The van der Waals surface area contributed by atoms with Crippen LogP contribution in [0.2, 0.25) is 0 Å². The van der Waals surface area contributed by atoms with E-state index in [0.717, 1.165) is 5.56 Å². The standard InChI is InChI=1S/C15H13N3O3/c19-14(20)11-2-1-3-12-13(11)17-15(21)18(12)9-6-10-4-7-16-8-5-10/h1-5,7-8H,6,9H2,(H,17,21)(H,19,20). The van der Waals surface area contributed by atoms with Crippen molar-refractivity contribution in [3.8, 4) is 0 Å². The minimum Gasteiger partial charge on any atom is -0.478 e. The Hall–Kier alpha value is -2.89. The van der Waals surface area contributed by atoms with Crippen LogP contribution in [0.25, 0.3) is 11.0 Å². The first-order chi connectivity index (χ1) is 10.2. The van der Waals surface area contributed by atoms with E-state index in [0.29, 0.717) is 24.0 Å². The molecule has 0 saturated heterocycles. The lowest BCUT2D eigenvalue weighted by molar-refractivity contribution is 0.0699. The van der Waals surface area contributed by atoms with Crippen LogP contribution in [0.15, 0.2) is 47.5 Å². The number of pyridine rings is 1. The van der Waals surface area contributed by atoms with Gasteiger partial charge in [-0.1, -0.05) is 6.07 Å². The maximum atomic E-state index is 12.0. The molecule has 0 aliphatic rings. The summed E-state index contributed by atoms with van der Waals surface area (Å²) in [6, 6.07) is 8.65. The molecular weight excluding hydrogens is 270 g/mol. The summed E-state index contributed by atoms with van der Waals surface area (Å²) in [5.74, 6) is -1.05. The van der Waals surface area contributed by atoms with E-state index in [9.17, 15) is 9.59 Å². The molecule has 0 saturated carbocycles. The Labute approximate surface area is 119 Å². The summed E-state index contributed by atoms with van der Waals surface area (Å²) in [6.45, 7) is 0.478. The summed E-state index contributed by atoms with van der Waals surface area (Å²) in [6.07, 6.45) is 4.08. The number of rotatable bonds is 4. The summed E-state index contributed by atoms with van der Waals surface area (Å²) >= 11 is 0. The second kappa shape index (κ2) is 5.24. The van der Waals surface area contributed by atoms with Crippen molar-refractivity contribution in [1.29, 1.82) is 0 Å². The van der Waals surface area contributed by atoms with Crippen molar-refractivity contribution in [3.05, 3.63) is 64.3 Å². The Balaban J connectivity index is 1.99. The van der Waals surface area contributed by atoms with Crippen LogP contribution in [-0.2, 0) is 13.0 Å². The highest BCUT2D eigenvalue weighted by molar-refractivity contribution is 6.00. The van der Waals surface area contributed by atoms with Crippen molar-refractivity contribution in [2.75, 3.05) is 0 Å². The van der Waals surface area contributed by atoms with Crippen molar-refractivity contribution in [1.82, 2.24) is 14.5 Å². The highest BCUT2D eigenvalue weighted by Gasteiger charge is 2.13. The van der Waals surface area contributed by atoms with Crippen LogP contribution in [0.1, 0.15) is 15.9 Å². The average Bonchev–Trinajstić information content (AvgIpc) is 2.81. The Morgan fingerprint density at radius 2 is 2.00 bits per heavy atom. The maximum absolute atomic E-state index is 12.0. The van der Waals surface area contributed by atoms with Crippen LogP contribution in [-0.4, -0.2) is 25.6 Å². The van der Waals surface area contributed by atoms with Crippen LogP contribution >= 0.6 is 0 Å². The highest BCUT2D eigenvalue weighted by Crippen LogP contribution is 2.16. The number of carbonyl (C=O) groups is 1. The van der Waals surface area contributed by atoms with E-state index in [1.165, 1.54) is 6.07 Å². The van der Waals surface area contributed by atoms with E-state index in [2.05, 4.69) is 9.97 Å². The summed E-state index contributed by atoms with van der Waals surface area (Å²) < 4.78 is 1.56. The zero-order valence-electron chi connectivity index (χ0n) is 11.1. The van der Waals surface area contributed by atoms with Crippen LogP contribution in [0, 0.1) is 0 Å². The molecule has 6 nitrogen and oxygen atoms in total. The number of hydrogen-bond donors (Lipinski definition) is 2. The number of para-hydroxylation sites is 1. The summed E-state index contributed by atoms with van der Waals surface area (Å²) in [5.41, 5.74) is 1.85. The molecule has 3 aromatic rings. The highest BCUT2D eigenvalue weighted by atomic mass is 16.4. The predicted molar refractivity (Wildman–Crippen MR) is 77.5 cm³/mol. The molecule has 2 N–H and O–H groups in total. The number of aromatic nitrogens is 3.